The maximum absolute atomic E-state index is 12.5. The van der Waals surface area contributed by atoms with Gasteiger partial charge in [-0.2, -0.15) is 0 Å². The molecule has 0 aromatic carbocycles. The molecule has 0 amide bonds. The van der Waals surface area contributed by atoms with Gasteiger partial charge in [-0.15, -0.1) is 0 Å². The summed E-state index contributed by atoms with van der Waals surface area (Å²) in [7, 11) is 0. The highest BCUT2D eigenvalue weighted by Gasteiger charge is 2.21. The lowest BCUT2D eigenvalue weighted by molar-refractivity contribution is 0.0694. The van der Waals surface area contributed by atoms with Crippen molar-refractivity contribution in [1.29, 1.82) is 0 Å². The van der Waals surface area contributed by atoms with E-state index >= 15 is 0 Å². The van der Waals surface area contributed by atoms with Gasteiger partial charge in [-0.05, 0) is 15.9 Å². The van der Waals surface area contributed by atoms with Crippen LogP contribution in [0.15, 0.2) is 10.7 Å². The molecule has 7 heteroatoms. The molecule has 0 bridgehead atoms. The molecule has 0 aliphatic rings. The first-order chi connectivity index (χ1) is 6.99. The highest BCUT2D eigenvalue weighted by molar-refractivity contribution is 9.10. The van der Waals surface area contributed by atoms with Crippen molar-refractivity contribution < 1.29 is 18.7 Å². The average Bonchev–Trinajstić information content (AvgIpc) is 2.16. The molecule has 0 aliphatic carbocycles. The van der Waals surface area contributed by atoms with E-state index in [0.29, 0.717) is 0 Å². The minimum Gasteiger partial charge on any atom is -0.478 e. The van der Waals surface area contributed by atoms with Crippen LogP contribution in [-0.2, 0) is 5.33 Å². The second-order valence-electron chi connectivity index (χ2n) is 2.59. The summed E-state index contributed by atoms with van der Waals surface area (Å²) in [4.78, 5) is 14.1. The predicted molar refractivity (Wildman–Crippen MR) is 56.5 cm³/mol. The zero-order valence-corrected chi connectivity index (χ0v) is 10.3. The van der Waals surface area contributed by atoms with Gasteiger partial charge < -0.3 is 5.11 Å². The highest BCUT2D eigenvalue weighted by Crippen LogP contribution is 2.30. The van der Waals surface area contributed by atoms with Gasteiger partial charge in [0.15, 0.2) is 0 Å². The van der Waals surface area contributed by atoms with Gasteiger partial charge in [0.05, 0.1) is 5.56 Å². The van der Waals surface area contributed by atoms with Crippen molar-refractivity contribution in [3.8, 4) is 0 Å². The van der Waals surface area contributed by atoms with Crippen LogP contribution >= 0.6 is 31.9 Å². The van der Waals surface area contributed by atoms with E-state index in [9.17, 15) is 13.6 Å². The lowest BCUT2D eigenvalue weighted by atomic mass is 10.1. The Hall–Kier alpha value is -0.560. The number of hydrogen-bond donors (Lipinski definition) is 1. The summed E-state index contributed by atoms with van der Waals surface area (Å²) in [5.41, 5.74) is -0.387. The lowest BCUT2D eigenvalue weighted by Gasteiger charge is -2.09. The summed E-state index contributed by atoms with van der Waals surface area (Å²) in [6, 6.07) is 0. The Kier molecular flexibility index (Phi) is 4.15. The maximum Gasteiger partial charge on any atom is 0.338 e. The minimum atomic E-state index is -2.73. The number of hydrogen-bond acceptors (Lipinski definition) is 2. The van der Waals surface area contributed by atoms with Crippen LogP contribution in [0.2, 0.25) is 0 Å². The highest BCUT2D eigenvalue weighted by atomic mass is 79.9. The van der Waals surface area contributed by atoms with Gasteiger partial charge in [-0.1, -0.05) is 15.9 Å². The number of carboxylic acids is 1. The molecule has 1 aromatic rings. The molecule has 1 N–H and O–H groups in total. The number of aromatic carboxylic acids is 1. The molecule has 1 aromatic heterocycles. The molecular formula is C8H5Br2F2NO2. The molecule has 1 rings (SSSR count). The Bertz CT molecular complexity index is 398. The molecule has 0 saturated heterocycles. The Balaban J connectivity index is 3.39. The fraction of sp³-hybridized carbons (Fsp3) is 0.250. The summed E-state index contributed by atoms with van der Waals surface area (Å²) >= 11 is 5.99. The van der Waals surface area contributed by atoms with E-state index in [1.165, 1.54) is 0 Å². The number of rotatable bonds is 3. The fourth-order valence-corrected chi connectivity index (χ4v) is 2.57. The van der Waals surface area contributed by atoms with Gasteiger partial charge in [0.25, 0.3) is 6.43 Å². The van der Waals surface area contributed by atoms with Gasteiger partial charge in [-0.25, -0.2) is 13.6 Å². The number of aromatic nitrogens is 1. The number of nitrogens with zero attached hydrogens (tertiary/aromatic N) is 1. The maximum atomic E-state index is 12.5. The van der Waals surface area contributed by atoms with E-state index in [4.69, 9.17) is 5.11 Å². The van der Waals surface area contributed by atoms with Gasteiger partial charge in [0.2, 0.25) is 0 Å². The van der Waals surface area contributed by atoms with Crippen molar-refractivity contribution >= 4 is 37.8 Å². The summed E-state index contributed by atoms with van der Waals surface area (Å²) in [5, 5.41) is 8.85. The van der Waals surface area contributed by atoms with Crippen LogP contribution in [0.25, 0.3) is 0 Å². The SMILES string of the molecule is O=C(O)c1cnc(C(F)F)c(CBr)c1Br. The van der Waals surface area contributed by atoms with Gasteiger partial charge in [0, 0.05) is 21.6 Å². The van der Waals surface area contributed by atoms with Crippen LogP contribution in [0.4, 0.5) is 8.78 Å². The normalized spacial score (nSPS) is 10.7. The third-order valence-corrected chi connectivity index (χ3v) is 3.18. The van der Waals surface area contributed by atoms with Gasteiger partial charge >= 0.3 is 5.97 Å². The number of alkyl halides is 3. The van der Waals surface area contributed by atoms with E-state index in [1.54, 1.807) is 0 Å². The molecule has 0 saturated carbocycles. The molecular weight excluding hydrogens is 340 g/mol. The third-order valence-electron chi connectivity index (χ3n) is 1.71. The van der Waals surface area contributed by atoms with Gasteiger partial charge in [0.1, 0.15) is 5.69 Å². The first-order valence-corrected chi connectivity index (χ1v) is 5.65. The van der Waals surface area contributed by atoms with Crippen LogP contribution in [0.3, 0.4) is 0 Å². The molecule has 0 unspecified atom stereocenters. The average molecular weight is 345 g/mol. The van der Waals surface area contributed by atoms with Crippen LogP contribution in [0, 0.1) is 0 Å². The first kappa shape index (κ1) is 12.5. The minimum absolute atomic E-state index is 0.112. The third kappa shape index (κ3) is 2.52. The summed E-state index contributed by atoms with van der Waals surface area (Å²) in [5.74, 6) is -1.21. The molecule has 0 aliphatic heterocycles. The molecule has 1 heterocycles. The number of carbonyl (C=O) groups is 1. The van der Waals surface area contributed by atoms with Crippen molar-refractivity contribution in [3.05, 3.63) is 27.5 Å². The van der Waals surface area contributed by atoms with Crippen molar-refractivity contribution in [2.24, 2.45) is 0 Å². The van der Waals surface area contributed by atoms with Crippen molar-refractivity contribution in [1.82, 2.24) is 4.98 Å². The van der Waals surface area contributed by atoms with Crippen molar-refractivity contribution in [2.75, 3.05) is 0 Å². The molecule has 3 nitrogen and oxygen atoms in total. The van der Waals surface area contributed by atoms with Crippen LogP contribution < -0.4 is 0 Å². The topological polar surface area (TPSA) is 50.2 Å². The van der Waals surface area contributed by atoms with Gasteiger partial charge in [-0.3, -0.25) is 4.98 Å². The Morgan fingerprint density at radius 3 is 2.60 bits per heavy atom. The lowest BCUT2D eigenvalue weighted by Crippen LogP contribution is -2.05. The summed E-state index contributed by atoms with van der Waals surface area (Å²) in [6.07, 6.45) is -1.81. The second kappa shape index (κ2) is 4.98. The van der Waals surface area contributed by atoms with Crippen LogP contribution in [0.5, 0.6) is 0 Å². The van der Waals surface area contributed by atoms with Crippen LogP contribution in [-0.4, -0.2) is 16.1 Å². The van der Waals surface area contributed by atoms with Crippen LogP contribution in [0.1, 0.15) is 28.0 Å². The smallest absolute Gasteiger partial charge is 0.338 e. The Morgan fingerprint density at radius 1 is 1.60 bits per heavy atom. The van der Waals surface area contributed by atoms with Crippen molar-refractivity contribution in [3.63, 3.8) is 0 Å². The van der Waals surface area contributed by atoms with E-state index < -0.39 is 18.1 Å². The molecule has 82 valence electrons. The summed E-state index contributed by atoms with van der Waals surface area (Å²) in [6.45, 7) is 0. The molecule has 0 spiro atoms. The van der Waals surface area contributed by atoms with Crippen molar-refractivity contribution in [2.45, 2.75) is 11.8 Å². The number of halogens is 4. The Labute approximate surface area is 101 Å². The number of carboxylic acid groups (broad SMARTS) is 1. The number of pyridine rings is 1. The van der Waals surface area contributed by atoms with E-state index in [2.05, 4.69) is 36.8 Å². The molecule has 0 fully saturated rings. The Morgan fingerprint density at radius 2 is 2.20 bits per heavy atom. The molecule has 0 radical (unpaired) electrons. The fourth-order valence-electron chi connectivity index (χ4n) is 1.01. The molecule has 0 atom stereocenters. The zero-order valence-electron chi connectivity index (χ0n) is 7.18. The largest absolute Gasteiger partial charge is 0.478 e. The quantitative estimate of drug-likeness (QED) is 0.855. The van der Waals surface area contributed by atoms with E-state index in [-0.39, 0.29) is 20.9 Å². The molecule has 15 heavy (non-hydrogen) atoms. The predicted octanol–water partition coefficient (Wildman–Crippen LogP) is 3.37. The standard InChI is InChI=1S/C8H5Br2F2NO2/c9-1-3-5(10)4(8(14)15)2-13-6(3)7(11)12/h2,7H,1H2,(H,14,15). The summed E-state index contributed by atoms with van der Waals surface area (Å²) < 4.78 is 25.1. The van der Waals surface area contributed by atoms with E-state index in [0.717, 1.165) is 6.20 Å². The van der Waals surface area contributed by atoms with E-state index in [1.807, 2.05) is 0 Å². The monoisotopic (exact) mass is 343 g/mol. The second-order valence-corrected chi connectivity index (χ2v) is 3.94. The zero-order chi connectivity index (χ0) is 11.6. The first-order valence-electron chi connectivity index (χ1n) is 3.73.